The van der Waals surface area contributed by atoms with Crippen LogP contribution in [0.15, 0.2) is 23.7 Å². The van der Waals surface area contributed by atoms with Gasteiger partial charge in [-0.3, -0.25) is 9.48 Å². The van der Waals surface area contributed by atoms with Crippen molar-refractivity contribution >= 4 is 17.2 Å². The molecule has 2 heterocycles. The maximum atomic E-state index is 11.9. The average Bonchev–Trinajstić information content (AvgIpc) is 2.90. The number of rotatable bonds is 3. The maximum absolute atomic E-state index is 11.9. The Labute approximate surface area is 104 Å². The molecule has 0 aromatic carbocycles. The van der Waals surface area contributed by atoms with Gasteiger partial charge in [-0.05, 0) is 25.3 Å². The molecule has 0 fully saturated rings. The average molecular weight is 249 g/mol. The van der Waals surface area contributed by atoms with E-state index in [0.29, 0.717) is 0 Å². The van der Waals surface area contributed by atoms with Crippen LogP contribution in [0, 0.1) is 6.92 Å². The molecule has 17 heavy (non-hydrogen) atoms. The van der Waals surface area contributed by atoms with Gasteiger partial charge in [-0.15, -0.1) is 11.3 Å². The molecule has 1 atom stereocenters. The largest absolute Gasteiger partial charge is 0.345 e. The molecule has 1 amide bonds. The molecule has 0 saturated carbocycles. The molecule has 2 aromatic heterocycles. The van der Waals surface area contributed by atoms with Crippen molar-refractivity contribution in [3.63, 3.8) is 0 Å². The number of carbonyl (C=O) groups excluding carboxylic acids is 1. The fourth-order valence-corrected chi connectivity index (χ4v) is 2.32. The van der Waals surface area contributed by atoms with E-state index in [9.17, 15) is 4.79 Å². The van der Waals surface area contributed by atoms with Crippen LogP contribution in [-0.2, 0) is 7.05 Å². The Morgan fingerprint density at radius 3 is 2.88 bits per heavy atom. The van der Waals surface area contributed by atoms with E-state index in [0.717, 1.165) is 16.1 Å². The maximum Gasteiger partial charge on any atom is 0.261 e. The van der Waals surface area contributed by atoms with E-state index in [2.05, 4.69) is 10.4 Å². The number of hydrogen-bond acceptors (Lipinski definition) is 3. The second kappa shape index (κ2) is 4.71. The van der Waals surface area contributed by atoms with Crippen LogP contribution < -0.4 is 5.32 Å². The number of carbonyl (C=O) groups is 1. The molecule has 0 bridgehead atoms. The highest BCUT2D eigenvalue weighted by Gasteiger charge is 2.15. The van der Waals surface area contributed by atoms with Crippen molar-refractivity contribution in [1.82, 2.24) is 15.1 Å². The fourth-order valence-electron chi connectivity index (χ4n) is 1.69. The number of thiophene rings is 1. The van der Waals surface area contributed by atoms with Crippen LogP contribution in [0.2, 0.25) is 0 Å². The zero-order chi connectivity index (χ0) is 12.4. The van der Waals surface area contributed by atoms with Gasteiger partial charge < -0.3 is 5.32 Å². The number of hydrogen-bond donors (Lipinski definition) is 1. The summed E-state index contributed by atoms with van der Waals surface area (Å²) in [5, 5.41) is 9.04. The van der Waals surface area contributed by atoms with Crippen molar-refractivity contribution in [2.45, 2.75) is 19.9 Å². The summed E-state index contributed by atoms with van der Waals surface area (Å²) >= 11 is 1.44. The van der Waals surface area contributed by atoms with Crippen molar-refractivity contribution in [3.8, 4) is 0 Å². The summed E-state index contributed by atoms with van der Waals surface area (Å²) in [5.74, 6) is -0.0317. The number of aromatic nitrogens is 2. The summed E-state index contributed by atoms with van der Waals surface area (Å²) in [6.07, 6.45) is 1.80. The first kappa shape index (κ1) is 11.9. The lowest BCUT2D eigenvalue weighted by Crippen LogP contribution is -2.26. The molecule has 2 aromatic rings. The molecule has 0 aliphatic rings. The summed E-state index contributed by atoms with van der Waals surface area (Å²) < 4.78 is 1.81. The highest BCUT2D eigenvalue weighted by molar-refractivity contribution is 7.12. The molecule has 0 spiro atoms. The first-order chi connectivity index (χ1) is 8.09. The Morgan fingerprint density at radius 1 is 1.59 bits per heavy atom. The van der Waals surface area contributed by atoms with E-state index >= 15 is 0 Å². The van der Waals surface area contributed by atoms with E-state index in [1.165, 1.54) is 11.3 Å². The van der Waals surface area contributed by atoms with Crippen LogP contribution in [0.4, 0.5) is 0 Å². The minimum Gasteiger partial charge on any atom is -0.345 e. The molecule has 2 rings (SSSR count). The predicted octanol–water partition coefficient (Wildman–Crippen LogP) is 2.28. The molecule has 0 aliphatic carbocycles. The minimum absolute atomic E-state index is 0.0294. The molecule has 4 nitrogen and oxygen atoms in total. The van der Waals surface area contributed by atoms with Crippen molar-refractivity contribution in [2.24, 2.45) is 7.05 Å². The lowest BCUT2D eigenvalue weighted by Gasteiger charge is -2.12. The number of nitrogens with one attached hydrogen (secondary N) is 1. The SMILES string of the molecule is Cc1c(C(C)NC(=O)c2cccs2)cnn1C. The van der Waals surface area contributed by atoms with Gasteiger partial charge in [0.1, 0.15) is 0 Å². The Hall–Kier alpha value is -1.62. The topological polar surface area (TPSA) is 46.9 Å². The van der Waals surface area contributed by atoms with Crippen molar-refractivity contribution < 1.29 is 4.79 Å². The van der Waals surface area contributed by atoms with Crippen LogP contribution in [0.1, 0.15) is 33.9 Å². The van der Waals surface area contributed by atoms with Crippen LogP contribution >= 0.6 is 11.3 Å². The number of nitrogens with zero attached hydrogens (tertiary/aromatic N) is 2. The fraction of sp³-hybridized carbons (Fsp3) is 0.333. The van der Waals surface area contributed by atoms with Crippen LogP contribution in [0.25, 0.3) is 0 Å². The highest BCUT2D eigenvalue weighted by Crippen LogP contribution is 2.17. The Balaban J connectivity index is 2.10. The van der Waals surface area contributed by atoms with Crippen LogP contribution in [0.3, 0.4) is 0 Å². The van der Waals surface area contributed by atoms with E-state index in [-0.39, 0.29) is 11.9 Å². The van der Waals surface area contributed by atoms with Gasteiger partial charge in [0.25, 0.3) is 5.91 Å². The van der Waals surface area contributed by atoms with E-state index < -0.39 is 0 Å². The van der Waals surface area contributed by atoms with Gasteiger partial charge in [0, 0.05) is 18.3 Å². The Bertz CT molecular complexity index is 516. The van der Waals surface area contributed by atoms with Crippen molar-refractivity contribution in [3.05, 3.63) is 39.8 Å². The van der Waals surface area contributed by atoms with Gasteiger partial charge in [-0.25, -0.2) is 0 Å². The van der Waals surface area contributed by atoms with E-state index in [1.54, 1.807) is 6.20 Å². The van der Waals surface area contributed by atoms with Gasteiger partial charge in [0.15, 0.2) is 0 Å². The van der Waals surface area contributed by atoms with E-state index in [1.807, 2.05) is 43.1 Å². The monoisotopic (exact) mass is 249 g/mol. The highest BCUT2D eigenvalue weighted by atomic mass is 32.1. The molecule has 90 valence electrons. The van der Waals surface area contributed by atoms with Gasteiger partial charge in [0.05, 0.1) is 17.1 Å². The predicted molar refractivity (Wildman–Crippen MR) is 68.1 cm³/mol. The molecule has 1 unspecified atom stereocenters. The second-order valence-electron chi connectivity index (χ2n) is 3.98. The zero-order valence-corrected chi connectivity index (χ0v) is 10.9. The smallest absolute Gasteiger partial charge is 0.261 e. The summed E-state index contributed by atoms with van der Waals surface area (Å²) in [6, 6.07) is 3.67. The summed E-state index contributed by atoms with van der Waals surface area (Å²) in [7, 11) is 1.90. The number of aryl methyl sites for hydroxylation is 1. The molecular weight excluding hydrogens is 234 g/mol. The Morgan fingerprint density at radius 2 is 2.35 bits per heavy atom. The van der Waals surface area contributed by atoms with E-state index in [4.69, 9.17) is 0 Å². The zero-order valence-electron chi connectivity index (χ0n) is 10.1. The third-order valence-electron chi connectivity index (χ3n) is 2.83. The summed E-state index contributed by atoms with van der Waals surface area (Å²) in [6.45, 7) is 3.96. The lowest BCUT2D eigenvalue weighted by atomic mass is 10.1. The first-order valence-corrected chi connectivity index (χ1v) is 6.30. The molecule has 0 aliphatic heterocycles. The molecule has 5 heteroatoms. The Kier molecular flexibility index (Phi) is 3.28. The van der Waals surface area contributed by atoms with Gasteiger partial charge in [-0.2, -0.15) is 5.10 Å². The number of amides is 1. The standard InChI is InChI=1S/C12H15N3OS/c1-8(10-7-13-15(3)9(10)2)14-12(16)11-5-4-6-17-11/h4-8H,1-3H3,(H,14,16). The minimum atomic E-state index is -0.0317. The summed E-state index contributed by atoms with van der Waals surface area (Å²) in [5.41, 5.74) is 2.13. The summed E-state index contributed by atoms with van der Waals surface area (Å²) in [4.78, 5) is 12.6. The van der Waals surface area contributed by atoms with Gasteiger partial charge in [-0.1, -0.05) is 6.07 Å². The quantitative estimate of drug-likeness (QED) is 0.907. The van der Waals surface area contributed by atoms with Crippen LogP contribution in [0.5, 0.6) is 0 Å². The van der Waals surface area contributed by atoms with Gasteiger partial charge >= 0.3 is 0 Å². The molecule has 1 N–H and O–H groups in total. The molecule has 0 saturated heterocycles. The molecule has 0 radical (unpaired) electrons. The third-order valence-corrected chi connectivity index (χ3v) is 3.70. The molecular formula is C12H15N3OS. The van der Waals surface area contributed by atoms with Crippen LogP contribution in [-0.4, -0.2) is 15.7 Å². The van der Waals surface area contributed by atoms with Gasteiger partial charge in [0.2, 0.25) is 0 Å². The lowest BCUT2D eigenvalue weighted by molar-refractivity contribution is 0.0944. The third kappa shape index (κ3) is 2.39. The van der Waals surface area contributed by atoms with Crippen molar-refractivity contribution in [2.75, 3.05) is 0 Å². The normalized spacial score (nSPS) is 12.4. The first-order valence-electron chi connectivity index (χ1n) is 5.42. The van der Waals surface area contributed by atoms with Crippen molar-refractivity contribution in [1.29, 1.82) is 0 Å². The second-order valence-corrected chi connectivity index (χ2v) is 4.93.